The fourth-order valence-electron chi connectivity index (χ4n) is 4.00. The second-order valence-electron chi connectivity index (χ2n) is 7.41. The van der Waals surface area contributed by atoms with Crippen LogP contribution in [0.2, 0.25) is 0 Å². The van der Waals surface area contributed by atoms with Gasteiger partial charge < -0.3 is 5.32 Å². The molecule has 2 nitrogen and oxygen atoms in total. The molecule has 1 saturated carbocycles. The molecule has 2 fully saturated rings. The van der Waals surface area contributed by atoms with Crippen molar-refractivity contribution >= 4 is 0 Å². The minimum absolute atomic E-state index is 0.282. The first kappa shape index (κ1) is 13.4. The van der Waals surface area contributed by atoms with Gasteiger partial charge in [-0.1, -0.05) is 33.1 Å². The van der Waals surface area contributed by atoms with E-state index in [9.17, 15) is 0 Å². The summed E-state index contributed by atoms with van der Waals surface area (Å²) in [6.45, 7) is 13.1. The fourth-order valence-corrected chi connectivity index (χ4v) is 4.00. The highest BCUT2D eigenvalue weighted by Gasteiger charge is 2.42. The fraction of sp³-hybridized carbons (Fsp3) is 1.00. The van der Waals surface area contributed by atoms with E-state index in [0.29, 0.717) is 5.54 Å². The Morgan fingerprint density at radius 1 is 1.06 bits per heavy atom. The third kappa shape index (κ3) is 3.45. The third-order valence-electron chi connectivity index (χ3n) is 4.18. The predicted molar refractivity (Wildman–Crippen MR) is 74.3 cm³/mol. The van der Waals surface area contributed by atoms with Crippen molar-refractivity contribution in [3.8, 4) is 0 Å². The van der Waals surface area contributed by atoms with Gasteiger partial charge in [-0.25, -0.2) is 0 Å². The summed E-state index contributed by atoms with van der Waals surface area (Å²) < 4.78 is 0. The van der Waals surface area contributed by atoms with Crippen molar-refractivity contribution in [2.75, 3.05) is 19.6 Å². The van der Waals surface area contributed by atoms with Crippen molar-refractivity contribution in [2.45, 2.75) is 70.9 Å². The Bertz CT molecular complexity index is 252. The molecule has 1 N–H and O–H groups in total. The Labute approximate surface area is 107 Å². The van der Waals surface area contributed by atoms with E-state index in [1.54, 1.807) is 0 Å². The second kappa shape index (κ2) is 4.89. The van der Waals surface area contributed by atoms with Gasteiger partial charge in [0, 0.05) is 30.7 Å². The van der Waals surface area contributed by atoms with Crippen LogP contribution in [0.3, 0.4) is 0 Å². The molecule has 1 spiro atoms. The quantitative estimate of drug-likeness (QED) is 0.795. The Morgan fingerprint density at radius 3 is 2.29 bits per heavy atom. The molecule has 0 amide bonds. The topological polar surface area (TPSA) is 15.3 Å². The summed E-state index contributed by atoms with van der Waals surface area (Å²) in [6, 6.07) is 0. The zero-order chi connectivity index (χ0) is 12.5. The molecule has 1 heterocycles. The molecule has 2 heteroatoms. The van der Waals surface area contributed by atoms with Crippen molar-refractivity contribution in [1.82, 2.24) is 10.2 Å². The van der Waals surface area contributed by atoms with Crippen LogP contribution in [0.4, 0.5) is 0 Å². The number of hydrogen-bond donors (Lipinski definition) is 1. The molecule has 1 aliphatic heterocycles. The van der Waals surface area contributed by atoms with Gasteiger partial charge in [0.15, 0.2) is 0 Å². The van der Waals surface area contributed by atoms with Crippen LogP contribution in [-0.4, -0.2) is 35.6 Å². The van der Waals surface area contributed by atoms with Gasteiger partial charge in [-0.15, -0.1) is 0 Å². The van der Waals surface area contributed by atoms with Crippen LogP contribution in [0.25, 0.3) is 0 Å². The molecule has 0 aromatic carbocycles. The molecule has 0 aromatic heterocycles. The first-order chi connectivity index (χ1) is 7.91. The largest absolute Gasteiger partial charge is 0.304 e. The summed E-state index contributed by atoms with van der Waals surface area (Å²) in [5, 5.41) is 3.97. The van der Waals surface area contributed by atoms with E-state index in [2.05, 4.69) is 37.9 Å². The van der Waals surface area contributed by atoms with E-state index >= 15 is 0 Å². The van der Waals surface area contributed by atoms with Gasteiger partial charge in [-0.3, -0.25) is 4.90 Å². The summed E-state index contributed by atoms with van der Waals surface area (Å²) in [4.78, 5) is 2.70. The lowest BCUT2D eigenvalue weighted by Crippen LogP contribution is -2.69. The van der Waals surface area contributed by atoms with Crippen LogP contribution in [0.5, 0.6) is 0 Å². The van der Waals surface area contributed by atoms with Gasteiger partial charge in [0.2, 0.25) is 0 Å². The van der Waals surface area contributed by atoms with Gasteiger partial charge in [-0.05, 0) is 32.6 Å². The van der Waals surface area contributed by atoms with Gasteiger partial charge in [0.1, 0.15) is 0 Å². The molecular formula is C15H30N2. The molecule has 1 saturated heterocycles. The first-order valence-electron chi connectivity index (χ1n) is 7.43. The third-order valence-corrected chi connectivity index (χ3v) is 4.18. The average molecular weight is 238 g/mol. The summed E-state index contributed by atoms with van der Waals surface area (Å²) in [5.41, 5.74) is 0.708. The molecular weight excluding hydrogens is 208 g/mol. The normalized spacial score (nSPS) is 28.8. The smallest absolute Gasteiger partial charge is 0.0313 e. The number of piperazine rings is 1. The highest BCUT2D eigenvalue weighted by Crippen LogP contribution is 2.34. The molecule has 100 valence electrons. The van der Waals surface area contributed by atoms with E-state index in [0.717, 1.165) is 5.92 Å². The molecule has 0 unspecified atom stereocenters. The average Bonchev–Trinajstić information content (AvgIpc) is 2.13. The number of nitrogens with one attached hydrogen (secondary N) is 1. The zero-order valence-corrected chi connectivity index (χ0v) is 12.2. The number of hydrogen-bond acceptors (Lipinski definition) is 2. The van der Waals surface area contributed by atoms with Crippen molar-refractivity contribution < 1.29 is 0 Å². The van der Waals surface area contributed by atoms with Crippen molar-refractivity contribution in [3.05, 3.63) is 0 Å². The Morgan fingerprint density at radius 2 is 1.71 bits per heavy atom. The second-order valence-corrected chi connectivity index (χ2v) is 7.41. The monoisotopic (exact) mass is 238 g/mol. The first-order valence-corrected chi connectivity index (χ1v) is 7.43. The maximum atomic E-state index is 3.97. The lowest BCUT2D eigenvalue weighted by Gasteiger charge is -2.53. The van der Waals surface area contributed by atoms with Crippen molar-refractivity contribution in [3.63, 3.8) is 0 Å². The lowest BCUT2D eigenvalue weighted by atomic mass is 9.77. The Hall–Kier alpha value is -0.0800. The molecule has 2 aliphatic rings. The maximum absolute atomic E-state index is 3.97. The Kier molecular flexibility index (Phi) is 3.84. The van der Waals surface area contributed by atoms with Crippen LogP contribution in [-0.2, 0) is 0 Å². The van der Waals surface area contributed by atoms with Gasteiger partial charge >= 0.3 is 0 Å². The van der Waals surface area contributed by atoms with E-state index in [1.165, 1.54) is 51.7 Å². The van der Waals surface area contributed by atoms with Crippen LogP contribution in [0, 0.1) is 5.92 Å². The Balaban J connectivity index is 2.06. The van der Waals surface area contributed by atoms with Gasteiger partial charge in [0.25, 0.3) is 0 Å². The molecule has 2 rings (SSSR count). The maximum Gasteiger partial charge on any atom is 0.0313 e. The molecule has 17 heavy (non-hydrogen) atoms. The lowest BCUT2D eigenvalue weighted by molar-refractivity contribution is 0.0312. The van der Waals surface area contributed by atoms with Gasteiger partial charge in [0.05, 0.1) is 0 Å². The molecule has 1 aliphatic carbocycles. The summed E-state index contributed by atoms with van der Waals surface area (Å²) in [6.07, 6.45) is 7.03. The molecule has 0 atom stereocenters. The minimum atomic E-state index is 0.282. The molecule has 0 aromatic rings. The highest BCUT2D eigenvalue weighted by atomic mass is 15.3. The summed E-state index contributed by atoms with van der Waals surface area (Å²) in [7, 11) is 0. The highest BCUT2D eigenvalue weighted by molar-refractivity contribution is 5.03. The summed E-state index contributed by atoms with van der Waals surface area (Å²) in [5.74, 6) is 0.782. The SMILES string of the molecule is CC(C)CN1CC(C)(C)NC2(CCCCC2)C1. The van der Waals surface area contributed by atoms with E-state index < -0.39 is 0 Å². The number of rotatable bonds is 2. The van der Waals surface area contributed by atoms with Crippen LogP contribution in [0.15, 0.2) is 0 Å². The van der Waals surface area contributed by atoms with Crippen molar-refractivity contribution in [2.24, 2.45) is 5.92 Å². The van der Waals surface area contributed by atoms with Crippen LogP contribution < -0.4 is 5.32 Å². The summed E-state index contributed by atoms with van der Waals surface area (Å²) >= 11 is 0. The zero-order valence-electron chi connectivity index (χ0n) is 12.2. The predicted octanol–water partition coefficient (Wildman–Crippen LogP) is 3.03. The van der Waals surface area contributed by atoms with Crippen molar-refractivity contribution in [1.29, 1.82) is 0 Å². The molecule has 0 radical (unpaired) electrons. The van der Waals surface area contributed by atoms with E-state index in [4.69, 9.17) is 0 Å². The number of nitrogens with zero attached hydrogens (tertiary/aromatic N) is 1. The standard InChI is InChI=1S/C15H30N2/c1-13(2)10-17-11-14(3,4)16-15(12-17)8-6-5-7-9-15/h13,16H,5-12H2,1-4H3. The van der Waals surface area contributed by atoms with Crippen LogP contribution in [0.1, 0.15) is 59.8 Å². The van der Waals surface area contributed by atoms with Crippen LogP contribution >= 0.6 is 0 Å². The molecule has 0 bridgehead atoms. The van der Waals surface area contributed by atoms with E-state index in [-0.39, 0.29) is 5.54 Å². The van der Waals surface area contributed by atoms with Gasteiger partial charge in [-0.2, -0.15) is 0 Å². The van der Waals surface area contributed by atoms with E-state index in [1.807, 2.05) is 0 Å². The minimum Gasteiger partial charge on any atom is -0.304 e.